The third kappa shape index (κ3) is 6.62. The molecule has 148 valence electrons. The van der Waals surface area contributed by atoms with E-state index in [1.165, 1.54) is 16.4 Å². The highest BCUT2D eigenvalue weighted by Gasteiger charge is 2.23. The van der Waals surface area contributed by atoms with E-state index in [4.69, 9.17) is 5.73 Å². The summed E-state index contributed by atoms with van der Waals surface area (Å²) in [5.74, 6) is -0.117. The molecule has 0 aliphatic rings. The summed E-state index contributed by atoms with van der Waals surface area (Å²) in [6.07, 6.45) is 0.981. The highest BCUT2D eigenvalue weighted by molar-refractivity contribution is 7.89. The smallest absolute Gasteiger partial charge is 0.243 e. The second-order valence-corrected chi connectivity index (χ2v) is 7.79. The van der Waals surface area contributed by atoms with Crippen LogP contribution in [0.1, 0.15) is 18.9 Å². The molecule has 0 aromatic heterocycles. The van der Waals surface area contributed by atoms with Crippen LogP contribution in [0.2, 0.25) is 0 Å². The molecule has 27 heavy (non-hydrogen) atoms. The first-order valence-corrected chi connectivity index (χ1v) is 10.1. The zero-order valence-electron chi connectivity index (χ0n) is 15.3. The maximum atomic E-state index is 12.9. The van der Waals surface area contributed by atoms with Gasteiger partial charge in [0.1, 0.15) is 0 Å². The molecule has 0 aliphatic heterocycles. The largest absolute Gasteiger partial charge is 0.329 e. The number of carbonyl (C=O) groups excluding carboxylic acids is 1. The molecule has 1 amide bonds. The van der Waals surface area contributed by atoms with Crippen molar-refractivity contribution in [2.45, 2.75) is 24.7 Å². The van der Waals surface area contributed by atoms with Gasteiger partial charge < -0.3 is 11.1 Å². The standard InChI is InChI=1S/C19H25N3O3S.ClH/c1-2-19(23)21-17-8-10-18(11-9-17)26(24,25)22(15-13-20)14-12-16-6-4-3-5-7-16;/h3-11H,2,12-15,20H2,1H3,(H,21,23);1H. The maximum absolute atomic E-state index is 12.9. The van der Waals surface area contributed by atoms with Gasteiger partial charge in [-0.05, 0) is 36.2 Å². The average molecular weight is 412 g/mol. The Kier molecular flexibility index (Phi) is 9.45. The van der Waals surface area contributed by atoms with Crippen molar-refractivity contribution >= 4 is 34.0 Å². The Morgan fingerprint density at radius 3 is 2.22 bits per heavy atom. The molecular weight excluding hydrogens is 386 g/mol. The third-order valence-corrected chi connectivity index (χ3v) is 5.88. The van der Waals surface area contributed by atoms with Crippen LogP contribution in [-0.4, -0.2) is 38.3 Å². The lowest BCUT2D eigenvalue weighted by molar-refractivity contribution is -0.115. The van der Waals surface area contributed by atoms with Gasteiger partial charge in [0, 0.05) is 31.7 Å². The lowest BCUT2D eigenvalue weighted by Gasteiger charge is -2.22. The number of nitrogens with one attached hydrogen (secondary N) is 1. The Balaban J connectivity index is 0.00000364. The molecule has 0 bridgehead atoms. The van der Waals surface area contributed by atoms with E-state index >= 15 is 0 Å². The molecule has 2 aromatic rings. The fourth-order valence-electron chi connectivity index (χ4n) is 2.50. The molecular formula is C19H26ClN3O3S. The van der Waals surface area contributed by atoms with Gasteiger partial charge in [-0.15, -0.1) is 12.4 Å². The van der Waals surface area contributed by atoms with Gasteiger partial charge in [0.25, 0.3) is 0 Å². The number of nitrogens with zero attached hydrogens (tertiary/aromatic N) is 1. The van der Waals surface area contributed by atoms with Crippen molar-refractivity contribution in [3.05, 3.63) is 60.2 Å². The summed E-state index contributed by atoms with van der Waals surface area (Å²) in [6.45, 7) is 2.62. The molecule has 0 atom stereocenters. The van der Waals surface area contributed by atoms with Crippen LogP contribution >= 0.6 is 12.4 Å². The first-order chi connectivity index (χ1) is 12.5. The minimum Gasteiger partial charge on any atom is -0.329 e. The molecule has 8 heteroatoms. The van der Waals surface area contributed by atoms with Crippen LogP contribution in [0, 0.1) is 0 Å². The number of hydrogen-bond donors (Lipinski definition) is 2. The SMILES string of the molecule is CCC(=O)Nc1ccc(S(=O)(=O)N(CCN)CCc2ccccc2)cc1.Cl. The van der Waals surface area contributed by atoms with Gasteiger partial charge in [-0.2, -0.15) is 4.31 Å². The van der Waals surface area contributed by atoms with Crippen LogP contribution in [0.5, 0.6) is 0 Å². The lowest BCUT2D eigenvalue weighted by Crippen LogP contribution is -2.36. The summed E-state index contributed by atoms with van der Waals surface area (Å²) in [4.78, 5) is 11.6. The predicted molar refractivity (Wildman–Crippen MR) is 111 cm³/mol. The van der Waals surface area contributed by atoms with Crippen molar-refractivity contribution < 1.29 is 13.2 Å². The Morgan fingerprint density at radius 1 is 1.04 bits per heavy atom. The number of benzene rings is 2. The molecule has 3 N–H and O–H groups in total. The number of carbonyl (C=O) groups is 1. The summed E-state index contributed by atoms with van der Waals surface area (Å²) in [7, 11) is -3.64. The summed E-state index contributed by atoms with van der Waals surface area (Å²) >= 11 is 0. The number of nitrogens with two attached hydrogens (primary N) is 1. The van der Waals surface area contributed by atoms with E-state index in [9.17, 15) is 13.2 Å². The third-order valence-electron chi connectivity index (χ3n) is 3.97. The summed E-state index contributed by atoms with van der Waals surface area (Å²) in [5, 5.41) is 2.70. The first kappa shape index (κ1) is 23.1. The monoisotopic (exact) mass is 411 g/mol. The number of sulfonamides is 1. The van der Waals surface area contributed by atoms with Crippen LogP contribution in [0.25, 0.3) is 0 Å². The summed E-state index contributed by atoms with van der Waals surface area (Å²) in [5.41, 5.74) is 7.26. The van der Waals surface area contributed by atoms with Gasteiger partial charge in [-0.1, -0.05) is 37.3 Å². The molecule has 2 aromatic carbocycles. The van der Waals surface area contributed by atoms with Crippen molar-refractivity contribution in [1.82, 2.24) is 4.31 Å². The molecule has 0 saturated heterocycles. The molecule has 6 nitrogen and oxygen atoms in total. The van der Waals surface area contributed by atoms with E-state index in [2.05, 4.69) is 5.32 Å². The Labute approximate surface area is 167 Å². The van der Waals surface area contributed by atoms with Gasteiger partial charge in [0.05, 0.1) is 4.90 Å². The number of anilines is 1. The first-order valence-electron chi connectivity index (χ1n) is 8.61. The number of amides is 1. The quantitative estimate of drug-likeness (QED) is 0.663. The topological polar surface area (TPSA) is 92.5 Å². The molecule has 0 saturated carbocycles. The van der Waals surface area contributed by atoms with E-state index in [0.29, 0.717) is 25.1 Å². The zero-order valence-corrected chi connectivity index (χ0v) is 16.9. The summed E-state index contributed by atoms with van der Waals surface area (Å²) in [6, 6.07) is 15.9. The minimum atomic E-state index is -3.64. The fourth-order valence-corrected chi connectivity index (χ4v) is 3.96. The van der Waals surface area contributed by atoms with E-state index in [-0.39, 0.29) is 36.3 Å². The fraction of sp³-hybridized carbons (Fsp3) is 0.316. The number of hydrogen-bond acceptors (Lipinski definition) is 4. The van der Waals surface area contributed by atoms with Crippen molar-refractivity contribution in [2.75, 3.05) is 25.0 Å². The van der Waals surface area contributed by atoms with Crippen LogP contribution < -0.4 is 11.1 Å². The van der Waals surface area contributed by atoms with Crippen LogP contribution in [0.15, 0.2) is 59.5 Å². The van der Waals surface area contributed by atoms with Crippen LogP contribution in [0.3, 0.4) is 0 Å². The second-order valence-electron chi connectivity index (χ2n) is 5.85. The highest BCUT2D eigenvalue weighted by atomic mass is 35.5. The lowest BCUT2D eigenvalue weighted by atomic mass is 10.1. The van der Waals surface area contributed by atoms with Gasteiger partial charge in [0.15, 0.2) is 0 Å². The number of rotatable bonds is 9. The van der Waals surface area contributed by atoms with E-state index in [1.807, 2.05) is 30.3 Å². The normalized spacial score (nSPS) is 11.1. The molecule has 0 spiro atoms. The van der Waals surface area contributed by atoms with Crippen molar-refractivity contribution in [2.24, 2.45) is 5.73 Å². The molecule has 0 fully saturated rings. The molecule has 0 aliphatic carbocycles. The zero-order chi connectivity index (χ0) is 19.0. The van der Waals surface area contributed by atoms with Gasteiger partial charge in [-0.25, -0.2) is 8.42 Å². The van der Waals surface area contributed by atoms with Gasteiger partial charge in [-0.3, -0.25) is 4.79 Å². The Morgan fingerprint density at radius 2 is 1.67 bits per heavy atom. The summed E-state index contributed by atoms with van der Waals surface area (Å²) < 4.78 is 27.2. The van der Waals surface area contributed by atoms with Crippen molar-refractivity contribution in [1.29, 1.82) is 0 Å². The van der Waals surface area contributed by atoms with Crippen LogP contribution in [-0.2, 0) is 21.2 Å². The van der Waals surface area contributed by atoms with Crippen molar-refractivity contribution in [3.63, 3.8) is 0 Å². The Bertz CT molecular complexity index is 812. The minimum absolute atomic E-state index is 0. The molecule has 0 unspecified atom stereocenters. The van der Waals surface area contributed by atoms with Crippen molar-refractivity contribution in [3.8, 4) is 0 Å². The van der Waals surface area contributed by atoms with E-state index in [1.54, 1.807) is 19.1 Å². The second kappa shape index (κ2) is 11.0. The van der Waals surface area contributed by atoms with E-state index in [0.717, 1.165) is 5.56 Å². The molecule has 2 rings (SSSR count). The van der Waals surface area contributed by atoms with E-state index < -0.39 is 10.0 Å². The Hall–Kier alpha value is -1.93. The van der Waals surface area contributed by atoms with Crippen LogP contribution in [0.4, 0.5) is 5.69 Å². The van der Waals surface area contributed by atoms with Gasteiger partial charge in [0.2, 0.25) is 15.9 Å². The highest BCUT2D eigenvalue weighted by Crippen LogP contribution is 2.19. The average Bonchev–Trinajstić information content (AvgIpc) is 2.66. The van der Waals surface area contributed by atoms with Gasteiger partial charge >= 0.3 is 0 Å². The number of halogens is 1. The molecule has 0 heterocycles. The predicted octanol–water partition coefficient (Wildman–Crippen LogP) is 2.65. The molecule has 0 radical (unpaired) electrons. The maximum Gasteiger partial charge on any atom is 0.243 e.